The number of carbonyl (C=O) groups is 2. The third kappa shape index (κ3) is 15.8. The molecular weight excluding hydrogens is 388 g/mol. The maximum absolute atomic E-state index is 11.3. The fourth-order valence-electron chi connectivity index (χ4n) is 1.29. The smallest absolute Gasteiger partial charge is 0.333 e. The number of halogens is 1. The van der Waals surface area contributed by atoms with E-state index in [0.717, 1.165) is 12.8 Å². The van der Waals surface area contributed by atoms with Crippen molar-refractivity contribution >= 4 is 27.8 Å². The van der Waals surface area contributed by atoms with Crippen LogP contribution in [0.25, 0.3) is 0 Å². The van der Waals surface area contributed by atoms with E-state index >= 15 is 0 Å². The molecule has 2 N–H and O–H groups in total. The summed E-state index contributed by atoms with van der Waals surface area (Å²) < 4.78 is 10.4. The zero-order chi connectivity index (χ0) is 18.0. The lowest BCUT2D eigenvalue weighted by Crippen LogP contribution is -2.26. The lowest BCUT2D eigenvalue weighted by Gasteiger charge is -2.12. The average molecular weight is 413 g/mol. The van der Waals surface area contributed by atoms with Crippen LogP contribution in [0, 0.1) is 0 Å². The van der Waals surface area contributed by atoms with Gasteiger partial charge in [-0.2, -0.15) is 0 Å². The number of carbonyl (C=O) groups excluding carboxylic acids is 2. The van der Waals surface area contributed by atoms with Gasteiger partial charge >= 0.3 is 5.97 Å². The number of unbranched alkanes of at least 4 members (excludes halogenated alkanes) is 1. The Bertz CT molecular complexity index is 369. The highest BCUT2D eigenvalue weighted by molar-refractivity contribution is 9.11. The van der Waals surface area contributed by atoms with Crippen LogP contribution in [0.3, 0.4) is 0 Å². The molecule has 0 aliphatic carbocycles. The summed E-state index contributed by atoms with van der Waals surface area (Å²) in [5.74, 6) is -0.876. The van der Waals surface area contributed by atoms with Gasteiger partial charge in [0, 0.05) is 12.6 Å². The summed E-state index contributed by atoms with van der Waals surface area (Å²) in [5, 5.41) is 11.8. The molecule has 0 aromatic carbocycles. The van der Waals surface area contributed by atoms with Crippen molar-refractivity contribution in [2.75, 3.05) is 39.6 Å². The lowest BCUT2D eigenvalue weighted by molar-refractivity contribution is -0.489. The molecule has 9 nitrogen and oxygen atoms in total. The van der Waals surface area contributed by atoms with E-state index in [1.807, 2.05) is 6.92 Å². The van der Waals surface area contributed by atoms with Crippen LogP contribution >= 0.6 is 15.9 Å². The fourth-order valence-corrected chi connectivity index (χ4v) is 1.53. The number of nitrogens with one attached hydrogen (secondary N) is 1. The summed E-state index contributed by atoms with van der Waals surface area (Å²) in [4.78, 5) is 33.0. The van der Waals surface area contributed by atoms with Crippen LogP contribution in [0.4, 0.5) is 0 Å². The molecule has 10 heteroatoms. The predicted octanol–water partition coefficient (Wildman–Crippen LogP) is 1.32. The Morgan fingerprint density at radius 1 is 1.17 bits per heavy atom. The van der Waals surface area contributed by atoms with Crippen molar-refractivity contribution in [2.45, 2.75) is 26.2 Å². The van der Waals surface area contributed by atoms with Gasteiger partial charge in [0.25, 0.3) is 0 Å². The predicted molar refractivity (Wildman–Crippen MR) is 87.9 cm³/mol. The molecule has 0 aliphatic heterocycles. The van der Waals surface area contributed by atoms with E-state index in [9.17, 15) is 9.59 Å². The molecule has 0 atom stereocenters. The lowest BCUT2D eigenvalue weighted by atomic mass is 10.4. The highest BCUT2D eigenvalue weighted by atomic mass is 79.9. The van der Waals surface area contributed by atoms with E-state index in [4.69, 9.17) is 19.5 Å². The monoisotopic (exact) mass is 412 g/mol. The number of rotatable bonds is 15. The summed E-state index contributed by atoms with van der Waals surface area (Å²) in [5.41, 5.74) is 0. The van der Waals surface area contributed by atoms with Crippen LogP contribution < -0.4 is 5.32 Å². The number of ether oxygens (including phenoxy) is 2. The molecule has 0 spiro atoms. The maximum Gasteiger partial charge on any atom is 0.333 e. The Kier molecular flexibility index (Phi) is 16.1. The van der Waals surface area contributed by atoms with E-state index in [-0.39, 0.29) is 30.9 Å². The zero-order valence-corrected chi connectivity index (χ0v) is 15.3. The van der Waals surface area contributed by atoms with Gasteiger partial charge in [-0.25, -0.2) is 4.84 Å². The Balaban J connectivity index is 3.37. The standard InChI is InChI=1S/C14H25BrN2O7/c1-2-3-8-23-17(20)24-14(19)5-9-21-11-12-22-10-7-16-13(18)4-6-15/h4,6,20H,2-3,5,7-12H2,1H3,(H,16,18)/b6-4+. The molecule has 0 rings (SSSR count). The highest BCUT2D eigenvalue weighted by Gasteiger charge is 2.09. The molecule has 1 amide bonds. The fraction of sp³-hybridized carbons (Fsp3) is 0.714. The van der Waals surface area contributed by atoms with E-state index in [2.05, 4.69) is 26.1 Å². The number of hydrogen-bond acceptors (Lipinski definition) is 8. The summed E-state index contributed by atoms with van der Waals surface area (Å²) in [6.07, 6.45) is 2.97. The van der Waals surface area contributed by atoms with Crippen molar-refractivity contribution in [1.29, 1.82) is 0 Å². The molecule has 140 valence electrons. The minimum Gasteiger partial charge on any atom is -0.378 e. The van der Waals surface area contributed by atoms with Crippen molar-refractivity contribution in [3.63, 3.8) is 0 Å². The van der Waals surface area contributed by atoms with Crippen LogP contribution in [0.2, 0.25) is 0 Å². The molecule has 0 aromatic heterocycles. The summed E-state index contributed by atoms with van der Waals surface area (Å²) in [7, 11) is 0. The first-order valence-electron chi connectivity index (χ1n) is 7.63. The number of amides is 1. The van der Waals surface area contributed by atoms with Crippen LogP contribution in [0.5, 0.6) is 0 Å². The molecule has 0 heterocycles. The maximum atomic E-state index is 11.3. The number of hydrogen-bond donors (Lipinski definition) is 2. The van der Waals surface area contributed by atoms with Crippen molar-refractivity contribution < 1.29 is 33.9 Å². The van der Waals surface area contributed by atoms with Gasteiger partial charge in [0.05, 0.1) is 39.5 Å². The van der Waals surface area contributed by atoms with Gasteiger partial charge in [-0.15, -0.1) is 0 Å². The summed E-state index contributed by atoms with van der Waals surface area (Å²) >= 11 is 3.00. The van der Waals surface area contributed by atoms with Gasteiger partial charge in [-0.1, -0.05) is 29.3 Å². The van der Waals surface area contributed by atoms with Gasteiger partial charge in [0.15, 0.2) is 0 Å². The van der Waals surface area contributed by atoms with E-state index in [1.165, 1.54) is 11.1 Å². The molecule has 0 unspecified atom stereocenters. The van der Waals surface area contributed by atoms with Crippen molar-refractivity contribution in [1.82, 2.24) is 10.7 Å². The topological polar surface area (TPSA) is 107 Å². The van der Waals surface area contributed by atoms with Crippen molar-refractivity contribution in [3.8, 4) is 0 Å². The Hall–Kier alpha value is -1.04. The Morgan fingerprint density at radius 3 is 2.54 bits per heavy atom. The molecule has 0 aliphatic rings. The number of nitrogens with zero attached hydrogens (tertiary/aromatic N) is 1. The minimum atomic E-state index is -0.669. The van der Waals surface area contributed by atoms with Gasteiger partial charge in [-0.05, 0) is 11.4 Å². The quantitative estimate of drug-likeness (QED) is 0.235. The normalized spacial score (nSPS) is 11.2. The van der Waals surface area contributed by atoms with Crippen molar-refractivity contribution in [2.24, 2.45) is 0 Å². The summed E-state index contributed by atoms with van der Waals surface area (Å²) in [6, 6.07) is 0. The van der Waals surface area contributed by atoms with E-state index in [0.29, 0.717) is 26.4 Å². The molecule has 0 bridgehead atoms. The molecule has 0 fully saturated rings. The molecular formula is C14H25BrN2O7. The average Bonchev–Trinajstić information content (AvgIpc) is 2.53. The zero-order valence-electron chi connectivity index (χ0n) is 13.7. The first-order chi connectivity index (χ1) is 11.6. The summed E-state index contributed by atoms with van der Waals surface area (Å²) in [6.45, 7) is 3.77. The largest absolute Gasteiger partial charge is 0.378 e. The first-order valence-corrected chi connectivity index (χ1v) is 8.54. The van der Waals surface area contributed by atoms with E-state index in [1.54, 1.807) is 0 Å². The minimum absolute atomic E-state index is 0.0247. The van der Waals surface area contributed by atoms with E-state index < -0.39 is 5.97 Å². The van der Waals surface area contributed by atoms with Crippen LogP contribution in [-0.2, 0) is 28.7 Å². The second kappa shape index (κ2) is 16.8. The molecule has 24 heavy (non-hydrogen) atoms. The molecule has 0 radical (unpaired) electrons. The highest BCUT2D eigenvalue weighted by Crippen LogP contribution is 1.96. The second-order valence-electron chi connectivity index (χ2n) is 4.45. The van der Waals surface area contributed by atoms with Gasteiger partial charge in [0.2, 0.25) is 5.91 Å². The SMILES string of the molecule is CCCCON(O)OC(=O)CCOCCOCCNC(=O)/C=C/Br. The molecule has 0 aromatic rings. The second-order valence-corrected chi connectivity index (χ2v) is 4.98. The Labute approximate surface area is 149 Å². The molecule has 0 saturated carbocycles. The Morgan fingerprint density at radius 2 is 1.88 bits per heavy atom. The third-order valence-electron chi connectivity index (χ3n) is 2.46. The van der Waals surface area contributed by atoms with Crippen LogP contribution in [0.15, 0.2) is 11.1 Å². The van der Waals surface area contributed by atoms with Crippen LogP contribution in [0.1, 0.15) is 26.2 Å². The van der Waals surface area contributed by atoms with Gasteiger partial charge in [0.1, 0.15) is 5.39 Å². The van der Waals surface area contributed by atoms with Crippen molar-refractivity contribution in [3.05, 3.63) is 11.1 Å². The first kappa shape index (κ1) is 23.0. The van der Waals surface area contributed by atoms with Gasteiger partial charge in [-0.3, -0.25) is 14.8 Å². The third-order valence-corrected chi connectivity index (χ3v) is 2.73. The van der Waals surface area contributed by atoms with Gasteiger partial charge < -0.3 is 19.6 Å². The molecule has 0 saturated heterocycles. The van der Waals surface area contributed by atoms with Crippen LogP contribution in [-0.4, -0.2) is 62.1 Å².